The molecule has 1 amide bonds. The first-order valence-corrected chi connectivity index (χ1v) is 4.90. The molecule has 6 nitrogen and oxygen atoms in total. The second-order valence-corrected chi connectivity index (χ2v) is 3.83. The van der Waals surface area contributed by atoms with Gasteiger partial charge in [-0.25, -0.2) is 0 Å². The van der Waals surface area contributed by atoms with Gasteiger partial charge in [0.2, 0.25) is 0 Å². The highest BCUT2D eigenvalue weighted by molar-refractivity contribution is 5.87. The predicted molar refractivity (Wildman–Crippen MR) is 57.2 cm³/mol. The van der Waals surface area contributed by atoms with E-state index >= 15 is 0 Å². The summed E-state index contributed by atoms with van der Waals surface area (Å²) in [6, 6.07) is 0. The number of aliphatic carboxylic acids is 1. The number of ether oxygens (including phenoxy) is 2. The fraction of sp³-hybridized carbons (Fsp3) is 0.800. The molecule has 0 fully saturated rings. The lowest BCUT2D eigenvalue weighted by molar-refractivity contribution is -0.156. The number of carboxylic acid groups (broad SMARTS) is 1. The van der Waals surface area contributed by atoms with E-state index in [-0.39, 0.29) is 19.0 Å². The summed E-state index contributed by atoms with van der Waals surface area (Å²) in [6.45, 7) is 3.36. The van der Waals surface area contributed by atoms with Crippen molar-refractivity contribution in [3.05, 3.63) is 0 Å². The number of amides is 1. The van der Waals surface area contributed by atoms with Gasteiger partial charge >= 0.3 is 5.97 Å². The molecule has 0 rings (SSSR count). The van der Waals surface area contributed by atoms with Crippen LogP contribution in [-0.4, -0.2) is 61.4 Å². The van der Waals surface area contributed by atoms with Crippen molar-refractivity contribution in [1.29, 1.82) is 0 Å². The van der Waals surface area contributed by atoms with Gasteiger partial charge in [-0.2, -0.15) is 0 Å². The van der Waals surface area contributed by atoms with Crippen molar-refractivity contribution in [3.8, 4) is 0 Å². The van der Waals surface area contributed by atoms with Crippen LogP contribution in [0.15, 0.2) is 0 Å². The molecule has 1 N–H and O–H groups in total. The Hall–Kier alpha value is -1.14. The molecule has 0 saturated heterocycles. The Bertz CT molecular complexity index is 252. The SMILES string of the molecule is COCCN(CC(=O)O)C(=O)C(C)(C)OC. The maximum atomic E-state index is 11.9. The van der Waals surface area contributed by atoms with Gasteiger partial charge < -0.3 is 19.5 Å². The van der Waals surface area contributed by atoms with Crippen molar-refractivity contribution in [3.63, 3.8) is 0 Å². The Morgan fingerprint density at radius 2 is 1.88 bits per heavy atom. The number of hydrogen-bond donors (Lipinski definition) is 1. The first-order valence-electron chi connectivity index (χ1n) is 4.90. The zero-order valence-corrected chi connectivity index (χ0v) is 10.1. The zero-order chi connectivity index (χ0) is 12.8. The second kappa shape index (κ2) is 6.44. The van der Waals surface area contributed by atoms with Crippen molar-refractivity contribution in [1.82, 2.24) is 4.90 Å². The number of methoxy groups -OCH3 is 2. The monoisotopic (exact) mass is 233 g/mol. The van der Waals surface area contributed by atoms with Gasteiger partial charge in [-0.3, -0.25) is 9.59 Å². The van der Waals surface area contributed by atoms with Gasteiger partial charge in [0.25, 0.3) is 5.91 Å². The summed E-state index contributed by atoms with van der Waals surface area (Å²) in [5.74, 6) is -1.43. The van der Waals surface area contributed by atoms with Crippen molar-refractivity contribution in [2.24, 2.45) is 0 Å². The first-order chi connectivity index (χ1) is 7.35. The molecular weight excluding hydrogens is 214 g/mol. The molecule has 0 aliphatic rings. The quantitative estimate of drug-likeness (QED) is 0.668. The molecule has 0 unspecified atom stereocenters. The number of nitrogens with zero attached hydrogens (tertiary/aromatic N) is 1. The van der Waals surface area contributed by atoms with Gasteiger partial charge in [-0.15, -0.1) is 0 Å². The molecule has 0 radical (unpaired) electrons. The molecule has 94 valence electrons. The summed E-state index contributed by atoms with van der Waals surface area (Å²) in [5.41, 5.74) is -1.02. The maximum absolute atomic E-state index is 11.9. The number of hydrogen-bond acceptors (Lipinski definition) is 4. The van der Waals surface area contributed by atoms with Crippen LogP contribution < -0.4 is 0 Å². The number of rotatable bonds is 7. The molecule has 0 spiro atoms. The maximum Gasteiger partial charge on any atom is 0.323 e. The number of carbonyl (C=O) groups excluding carboxylic acids is 1. The molecular formula is C10H19NO5. The van der Waals surface area contributed by atoms with E-state index in [1.54, 1.807) is 13.8 Å². The van der Waals surface area contributed by atoms with Gasteiger partial charge in [0, 0.05) is 20.8 Å². The van der Waals surface area contributed by atoms with E-state index < -0.39 is 11.6 Å². The molecule has 0 atom stereocenters. The lowest BCUT2D eigenvalue weighted by atomic mass is 10.1. The molecule has 6 heteroatoms. The Kier molecular flexibility index (Phi) is 5.98. The van der Waals surface area contributed by atoms with Crippen molar-refractivity contribution < 1.29 is 24.2 Å². The first kappa shape index (κ1) is 14.9. The molecule has 0 aliphatic heterocycles. The van der Waals surface area contributed by atoms with E-state index in [0.29, 0.717) is 6.61 Å². The van der Waals surface area contributed by atoms with E-state index in [1.807, 2.05) is 0 Å². The van der Waals surface area contributed by atoms with Crippen LogP contribution in [0.2, 0.25) is 0 Å². The van der Waals surface area contributed by atoms with Crippen LogP contribution in [-0.2, 0) is 19.1 Å². The fourth-order valence-corrected chi connectivity index (χ4v) is 1.09. The lowest BCUT2D eigenvalue weighted by Crippen LogP contribution is -2.49. The Morgan fingerprint density at radius 1 is 1.31 bits per heavy atom. The van der Waals surface area contributed by atoms with Crippen LogP contribution in [0, 0.1) is 0 Å². The van der Waals surface area contributed by atoms with Crippen LogP contribution in [0.25, 0.3) is 0 Å². The Morgan fingerprint density at radius 3 is 2.25 bits per heavy atom. The molecule has 0 bridgehead atoms. The van der Waals surface area contributed by atoms with Gasteiger partial charge in [-0.05, 0) is 13.8 Å². The summed E-state index contributed by atoms with van der Waals surface area (Å²) in [5, 5.41) is 8.70. The highest BCUT2D eigenvalue weighted by Crippen LogP contribution is 2.12. The normalized spacial score (nSPS) is 11.2. The molecule has 0 aromatic heterocycles. The van der Waals surface area contributed by atoms with Gasteiger partial charge in [-0.1, -0.05) is 0 Å². The summed E-state index contributed by atoms with van der Waals surface area (Å²) < 4.78 is 9.84. The summed E-state index contributed by atoms with van der Waals surface area (Å²) >= 11 is 0. The lowest BCUT2D eigenvalue weighted by Gasteiger charge is -2.29. The van der Waals surface area contributed by atoms with E-state index in [0.717, 1.165) is 0 Å². The highest BCUT2D eigenvalue weighted by atomic mass is 16.5. The standard InChI is InChI=1S/C10H19NO5/c1-10(2,16-4)9(14)11(5-6-15-3)7-8(12)13/h5-7H2,1-4H3,(H,12,13). The van der Waals surface area contributed by atoms with E-state index in [9.17, 15) is 9.59 Å². The third-order valence-corrected chi connectivity index (χ3v) is 2.20. The largest absolute Gasteiger partial charge is 0.480 e. The summed E-state index contributed by atoms with van der Waals surface area (Å²) in [4.78, 5) is 23.7. The minimum Gasteiger partial charge on any atom is -0.480 e. The van der Waals surface area contributed by atoms with E-state index in [2.05, 4.69) is 0 Å². The third-order valence-electron chi connectivity index (χ3n) is 2.20. The van der Waals surface area contributed by atoms with Gasteiger partial charge in [0.1, 0.15) is 12.1 Å². The highest BCUT2D eigenvalue weighted by Gasteiger charge is 2.32. The summed E-state index contributed by atoms with van der Waals surface area (Å²) in [6.07, 6.45) is 0. The van der Waals surface area contributed by atoms with Gasteiger partial charge in [0.15, 0.2) is 0 Å². The van der Waals surface area contributed by atoms with Crippen molar-refractivity contribution >= 4 is 11.9 Å². The smallest absolute Gasteiger partial charge is 0.323 e. The van der Waals surface area contributed by atoms with Crippen LogP contribution in [0.3, 0.4) is 0 Å². The van der Waals surface area contributed by atoms with Crippen LogP contribution in [0.5, 0.6) is 0 Å². The van der Waals surface area contributed by atoms with E-state index in [1.165, 1.54) is 19.1 Å². The van der Waals surface area contributed by atoms with Gasteiger partial charge in [0.05, 0.1) is 6.61 Å². The average molecular weight is 233 g/mol. The molecule has 0 heterocycles. The third kappa shape index (κ3) is 4.59. The average Bonchev–Trinajstić information content (AvgIpc) is 2.22. The fourth-order valence-electron chi connectivity index (χ4n) is 1.09. The Balaban J connectivity index is 4.61. The molecule has 0 saturated carbocycles. The van der Waals surface area contributed by atoms with Crippen LogP contribution in [0.1, 0.15) is 13.8 Å². The molecule has 0 aromatic rings. The Labute approximate surface area is 95.1 Å². The summed E-state index contributed by atoms with van der Waals surface area (Å²) in [7, 11) is 2.90. The molecule has 16 heavy (non-hydrogen) atoms. The number of carboxylic acids is 1. The zero-order valence-electron chi connectivity index (χ0n) is 10.1. The van der Waals surface area contributed by atoms with Crippen LogP contribution >= 0.6 is 0 Å². The predicted octanol–water partition coefficient (Wildman–Crippen LogP) is -0.0290. The molecule has 0 aromatic carbocycles. The van der Waals surface area contributed by atoms with Crippen molar-refractivity contribution in [2.45, 2.75) is 19.4 Å². The number of carbonyl (C=O) groups is 2. The minimum atomic E-state index is -1.06. The van der Waals surface area contributed by atoms with E-state index in [4.69, 9.17) is 14.6 Å². The van der Waals surface area contributed by atoms with Crippen molar-refractivity contribution in [2.75, 3.05) is 33.9 Å². The minimum absolute atomic E-state index is 0.231. The second-order valence-electron chi connectivity index (χ2n) is 3.83. The van der Waals surface area contributed by atoms with Crippen LogP contribution in [0.4, 0.5) is 0 Å². The topological polar surface area (TPSA) is 76.1 Å². The molecule has 0 aliphatic carbocycles.